The van der Waals surface area contributed by atoms with Crippen molar-refractivity contribution in [3.63, 3.8) is 0 Å². The highest BCUT2D eigenvalue weighted by Gasteiger charge is 2.40. The number of carbonyl (C=O) groups is 1. The highest BCUT2D eigenvalue weighted by molar-refractivity contribution is 5.73. The number of carbonyl (C=O) groups excluding carboxylic acids is 1. The summed E-state index contributed by atoms with van der Waals surface area (Å²) in [5, 5.41) is 18.6. The molecule has 12 heavy (non-hydrogen) atoms. The third-order valence-electron chi connectivity index (χ3n) is 1.39. The number of aliphatic carboxylic acids is 1. The Balaban J connectivity index is 4.25. The van der Waals surface area contributed by atoms with Crippen LogP contribution >= 0.6 is 0 Å². The van der Waals surface area contributed by atoms with E-state index in [1.807, 2.05) is 0 Å². The summed E-state index contributed by atoms with van der Waals surface area (Å²) in [6.45, 7) is 3.21. The van der Waals surface area contributed by atoms with Gasteiger partial charge in [-0.15, -0.1) is 0 Å². The molecular weight excluding hydrogens is 170 g/mol. The Hall–Kier alpha value is -0.710. The van der Waals surface area contributed by atoms with Gasteiger partial charge in [0.1, 0.15) is 12.1 Å². The van der Waals surface area contributed by atoms with Crippen molar-refractivity contribution in [1.82, 2.24) is 0 Å². The van der Waals surface area contributed by atoms with Gasteiger partial charge in [-0.1, -0.05) is 13.8 Å². The van der Waals surface area contributed by atoms with Crippen LogP contribution in [0.15, 0.2) is 0 Å². The molecule has 0 bridgehead atoms. The number of aliphatic hydroxyl groups is 1. The Kier molecular flexibility index (Phi) is 3.57. The van der Waals surface area contributed by atoms with Gasteiger partial charge in [-0.05, 0) is 12.3 Å². The normalized spacial score (nSPS) is 14.8. The number of hydrogen-bond donors (Lipinski definition) is 1. The van der Waals surface area contributed by atoms with Crippen molar-refractivity contribution in [3.8, 4) is 0 Å². The second kappa shape index (κ2) is 3.80. The number of carboxylic acids is 1. The summed E-state index contributed by atoms with van der Waals surface area (Å²) in [6, 6.07) is 0. The molecule has 0 aliphatic rings. The van der Waals surface area contributed by atoms with E-state index in [0.29, 0.717) is 0 Å². The second-order valence-electron chi connectivity index (χ2n) is 3.06. The van der Waals surface area contributed by atoms with E-state index < -0.39 is 18.0 Å². The Morgan fingerprint density at radius 3 is 2.25 bits per heavy atom. The van der Waals surface area contributed by atoms with Crippen molar-refractivity contribution >= 4 is 5.97 Å². The zero-order valence-electron chi connectivity index (χ0n) is 6.88. The van der Waals surface area contributed by atoms with Crippen LogP contribution in [-0.2, 0) is 4.79 Å². The number of carboxylic acid groups (broad SMARTS) is 1. The van der Waals surface area contributed by atoms with Crippen LogP contribution in [-0.4, -0.2) is 23.1 Å². The lowest BCUT2D eigenvalue weighted by Crippen LogP contribution is -2.50. The molecule has 0 amide bonds. The molecular formula is C7H11F2O3-. The van der Waals surface area contributed by atoms with Gasteiger partial charge in [-0.25, -0.2) is 0 Å². The van der Waals surface area contributed by atoms with Crippen LogP contribution in [0, 0.1) is 5.92 Å². The van der Waals surface area contributed by atoms with Crippen molar-refractivity contribution in [2.45, 2.75) is 32.3 Å². The lowest BCUT2D eigenvalue weighted by Gasteiger charge is -2.24. The summed E-state index contributed by atoms with van der Waals surface area (Å²) >= 11 is 0. The molecule has 0 aromatic carbocycles. The van der Waals surface area contributed by atoms with Crippen LogP contribution in [0.1, 0.15) is 20.3 Å². The van der Waals surface area contributed by atoms with Gasteiger partial charge in [0.2, 0.25) is 0 Å². The van der Waals surface area contributed by atoms with Crippen molar-refractivity contribution in [1.29, 1.82) is 0 Å². The fourth-order valence-electron chi connectivity index (χ4n) is 0.731. The van der Waals surface area contributed by atoms with Gasteiger partial charge in [0.15, 0.2) is 0 Å². The SMILES string of the molecule is CC(C)CC(O)C(F)(F)C(=O)[O-]. The zero-order valence-corrected chi connectivity index (χ0v) is 6.88. The Morgan fingerprint density at radius 2 is 2.00 bits per heavy atom. The molecule has 1 N–H and O–H groups in total. The lowest BCUT2D eigenvalue weighted by molar-refractivity contribution is -0.336. The predicted molar refractivity (Wildman–Crippen MR) is 35.4 cm³/mol. The topological polar surface area (TPSA) is 60.4 Å². The Labute approximate surface area is 69.0 Å². The third kappa shape index (κ3) is 2.73. The van der Waals surface area contributed by atoms with Crippen molar-refractivity contribution in [2.24, 2.45) is 5.92 Å². The molecule has 0 spiro atoms. The van der Waals surface area contributed by atoms with E-state index in [-0.39, 0.29) is 12.3 Å². The zero-order chi connectivity index (χ0) is 9.94. The summed E-state index contributed by atoms with van der Waals surface area (Å²) < 4.78 is 24.8. The van der Waals surface area contributed by atoms with Crippen molar-refractivity contribution in [3.05, 3.63) is 0 Å². The van der Waals surface area contributed by atoms with Gasteiger partial charge >= 0.3 is 5.92 Å². The summed E-state index contributed by atoms with van der Waals surface area (Å²) in [5.41, 5.74) is 0. The Morgan fingerprint density at radius 1 is 1.58 bits per heavy atom. The van der Waals surface area contributed by atoms with E-state index in [1.165, 1.54) is 0 Å². The maximum absolute atomic E-state index is 12.4. The van der Waals surface area contributed by atoms with Gasteiger partial charge < -0.3 is 15.0 Å². The van der Waals surface area contributed by atoms with E-state index in [1.54, 1.807) is 13.8 Å². The monoisotopic (exact) mass is 181 g/mol. The molecule has 0 radical (unpaired) electrons. The van der Waals surface area contributed by atoms with Crippen LogP contribution in [0.25, 0.3) is 0 Å². The van der Waals surface area contributed by atoms with Crippen LogP contribution in [0.4, 0.5) is 8.78 Å². The van der Waals surface area contributed by atoms with Crippen LogP contribution in [0.2, 0.25) is 0 Å². The van der Waals surface area contributed by atoms with Gasteiger partial charge in [-0.2, -0.15) is 8.78 Å². The second-order valence-corrected chi connectivity index (χ2v) is 3.06. The minimum Gasteiger partial charge on any atom is -0.544 e. The number of alkyl halides is 2. The van der Waals surface area contributed by atoms with E-state index in [2.05, 4.69) is 0 Å². The lowest BCUT2D eigenvalue weighted by atomic mass is 10.0. The fraction of sp³-hybridized carbons (Fsp3) is 0.857. The molecule has 1 atom stereocenters. The first-order valence-electron chi connectivity index (χ1n) is 3.55. The molecule has 0 fully saturated rings. The van der Waals surface area contributed by atoms with Gasteiger partial charge in [0.25, 0.3) is 0 Å². The van der Waals surface area contributed by atoms with Gasteiger partial charge in [0, 0.05) is 0 Å². The predicted octanol–water partition coefficient (Wildman–Crippen LogP) is -0.221. The largest absolute Gasteiger partial charge is 0.544 e. The molecule has 0 aliphatic heterocycles. The maximum atomic E-state index is 12.4. The third-order valence-corrected chi connectivity index (χ3v) is 1.39. The standard InChI is InChI=1S/C7H12F2O3/c1-4(2)3-5(10)7(8,9)6(11)12/h4-5,10H,3H2,1-2H3,(H,11,12)/p-1. The summed E-state index contributed by atoms with van der Waals surface area (Å²) in [7, 11) is 0. The number of halogens is 2. The number of hydrogen-bond acceptors (Lipinski definition) is 3. The quantitative estimate of drug-likeness (QED) is 0.652. The summed E-state index contributed by atoms with van der Waals surface area (Å²) in [5.74, 6) is -6.87. The smallest absolute Gasteiger partial charge is 0.312 e. The average molecular weight is 181 g/mol. The summed E-state index contributed by atoms with van der Waals surface area (Å²) in [6.07, 6.45) is -2.43. The van der Waals surface area contributed by atoms with Crippen molar-refractivity contribution in [2.75, 3.05) is 0 Å². The van der Waals surface area contributed by atoms with E-state index in [9.17, 15) is 18.7 Å². The molecule has 5 heteroatoms. The molecule has 0 aliphatic carbocycles. The molecule has 72 valence electrons. The number of rotatable bonds is 4. The molecule has 3 nitrogen and oxygen atoms in total. The Bertz CT molecular complexity index is 168. The first-order valence-corrected chi connectivity index (χ1v) is 3.55. The first kappa shape index (κ1) is 11.3. The highest BCUT2D eigenvalue weighted by Crippen LogP contribution is 2.22. The van der Waals surface area contributed by atoms with Gasteiger partial charge in [-0.3, -0.25) is 0 Å². The van der Waals surface area contributed by atoms with Gasteiger partial charge in [0.05, 0.1) is 0 Å². The molecule has 1 unspecified atom stereocenters. The van der Waals surface area contributed by atoms with Crippen LogP contribution in [0.5, 0.6) is 0 Å². The van der Waals surface area contributed by atoms with Crippen LogP contribution < -0.4 is 5.11 Å². The number of aliphatic hydroxyl groups excluding tert-OH is 1. The molecule has 0 saturated heterocycles. The molecule has 0 aromatic rings. The fourth-order valence-corrected chi connectivity index (χ4v) is 0.731. The van der Waals surface area contributed by atoms with E-state index >= 15 is 0 Å². The minimum atomic E-state index is -4.15. The molecule has 0 aromatic heterocycles. The van der Waals surface area contributed by atoms with E-state index in [4.69, 9.17) is 5.11 Å². The first-order chi connectivity index (χ1) is 5.28. The molecule has 0 saturated carbocycles. The average Bonchev–Trinajstić information content (AvgIpc) is 1.85. The molecule has 0 rings (SSSR count). The summed E-state index contributed by atoms with van der Waals surface area (Å²) in [4.78, 5) is 9.82. The van der Waals surface area contributed by atoms with Crippen molar-refractivity contribution < 1.29 is 23.8 Å². The highest BCUT2D eigenvalue weighted by atomic mass is 19.3. The van der Waals surface area contributed by atoms with Crippen LogP contribution in [0.3, 0.4) is 0 Å². The van der Waals surface area contributed by atoms with E-state index in [0.717, 1.165) is 0 Å². The minimum absolute atomic E-state index is 0.190. The molecule has 0 heterocycles. The maximum Gasteiger partial charge on any atom is 0.312 e.